The second kappa shape index (κ2) is 4.70. The summed E-state index contributed by atoms with van der Waals surface area (Å²) >= 11 is 0. The number of ether oxygens (including phenoxy) is 1. The van der Waals surface area contributed by atoms with Gasteiger partial charge >= 0.3 is 0 Å². The van der Waals surface area contributed by atoms with Gasteiger partial charge in [-0.15, -0.1) is 0 Å². The van der Waals surface area contributed by atoms with Crippen LogP contribution in [0.15, 0.2) is 18.5 Å². The van der Waals surface area contributed by atoms with E-state index in [1.165, 1.54) is 5.56 Å². The Morgan fingerprint density at radius 1 is 1.67 bits per heavy atom. The van der Waals surface area contributed by atoms with Crippen LogP contribution in [-0.4, -0.2) is 17.7 Å². The lowest BCUT2D eigenvalue weighted by Crippen LogP contribution is -2.36. The van der Waals surface area contributed by atoms with Gasteiger partial charge in [-0.3, -0.25) is 16.3 Å². The molecule has 4 nitrogen and oxygen atoms in total. The van der Waals surface area contributed by atoms with Gasteiger partial charge in [-0.2, -0.15) is 0 Å². The van der Waals surface area contributed by atoms with Crippen LogP contribution in [0.5, 0.6) is 0 Å². The van der Waals surface area contributed by atoms with E-state index in [1.54, 1.807) is 6.20 Å². The van der Waals surface area contributed by atoms with Crippen molar-refractivity contribution in [2.24, 2.45) is 5.84 Å². The second-order valence-corrected chi connectivity index (χ2v) is 3.93. The predicted octanol–water partition coefficient (Wildman–Crippen LogP) is 1.07. The van der Waals surface area contributed by atoms with Crippen molar-refractivity contribution < 1.29 is 4.74 Å². The fourth-order valence-corrected chi connectivity index (χ4v) is 2.06. The number of nitrogens with zero attached hydrogens (tertiary/aromatic N) is 1. The Balaban J connectivity index is 2.22. The minimum Gasteiger partial charge on any atom is -0.376 e. The number of nitrogens with two attached hydrogens (primary N) is 1. The average Bonchev–Trinajstić information content (AvgIpc) is 2.75. The minimum absolute atomic E-state index is 0.0567. The van der Waals surface area contributed by atoms with Crippen LogP contribution in [0.1, 0.15) is 30.0 Å². The molecule has 1 saturated heterocycles. The zero-order valence-electron chi connectivity index (χ0n) is 8.94. The number of pyridine rings is 1. The molecule has 0 aliphatic carbocycles. The average molecular weight is 207 g/mol. The van der Waals surface area contributed by atoms with E-state index in [9.17, 15) is 0 Å². The van der Waals surface area contributed by atoms with E-state index in [2.05, 4.69) is 17.3 Å². The molecule has 4 heteroatoms. The molecular formula is C11H17N3O. The lowest BCUT2D eigenvalue weighted by atomic mass is 9.98. The molecule has 0 saturated carbocycles. The molecule has 2 heterocycles. The third kappa shape index (κ3) is 2.17. The van der Waals surface area contributed by atoms with Gasteiger partial charge in [0.25, 0.3) is 0 Å². The Kier molecular flexibility index (Phi) is 3.30. The van der Waals surface area contributed by atoms with E-state index in [1.807, 2.05) is 12.3 Å². The number of hydrogen-bond donors (Lipinski definition) is 2. The summed E-state index contributed by atoms with van der Waals surface area (Å²) in [6.07, 6.45) is 6.01. The van der Waals surface area contributed by atoms with E-state index < -0.39 is 0 Å². The first-order valence-electron chi connectivity index (χ1n) is 5.31. The van der Waals surface area contributed by atoms with Crippen LogP contribution in [0.2, 0.25) is 0 Å². The number of aromatic nitrogens is 1. The molecule has 3 N–H and O–H groups in total. The smallest absolute Gasteiger partial charge is 0.0784 e. The first-order valence-corrected chi connectivity index (χ1v) is 5.31. The fourth-order valence-electron chi connectivity index (χ4n) is 2.06. The number of hydrogen-bond acceptors (Lipinski definition) is 4. The summed E-state index contributed by atoms with van der Waals surface area (Å²) in [5.41, 5.74) is 5.17. The first kappa shape index (κ1) is 10.5. The van der Waals surface area contributed by atoms with Crippen LogP contribution < -0.4 is 11.3 Å². The van der Waals surface area contributed by atoms with Crippen LogP contribution in [0.4, 0.5) is 0 Å². The lowest BCUT2D eigenvalue weighted by molar-refractivity contribution is 0.0780. The minimum atomic E-state index is 0.0567. The van der Waals surface area contributed by atoms with Crippen LogP contribution in [-0.2, 0) is 4.74 Å². The van der Waals surface area contributed by atoms with E-state index in [0.29, 0.717) is 0 Å². The van der Waals surface area contributed by atoms with Crippen molar-refractivity contribution >= 4 is 0 Å². The second-order valence-electron chi connectivity index (χ2n) is 3.93. The van der Waals surface area contributed by atoms with Crippen LogP contribution in [0.3, 0.4) is 0 Å². The summed E-state index contributed by atoms with van der Waals surface area (Å²) in [4.78, 5) is 4.13. The highest BCUT2D eigenvalue weighted by Crippen LogP contribution is 2.27. The van der Waals surface area contributed by atoms with E-state index in [-0.39, 0.29) is 12.1 Å². The molecule has 0 aromatic carbocycles. The molecule has 1 aliphatic heterocycles. The fraction of sp³-hybridized carbons (Fsp3) is 0.545. The lowest BCUT2D eigenvalue weighted by Gasteiger charge is -2.23. The Morgan fingerprint density at radius 3 is 3.13 bits per heavy atom. The summed E-state index contributed by atoms with van der Waals surface area (Å²) < 4.78 is 5.65. The molecule has 1 fully saturated rings. The van der Waals surface area contributed by atoms with Gasteiger partial charge in [-0.1, -0.05) is 0 Å². The van der Waals surface area contributed by atoms with Crippen molar-refractivity contribution in [1.82, 2.24) is 10.4 Å². The number of hydrazine groups is 1. The Morgan fingerprint density at radius 2 is 2.53 bits per heavy atom. The van der Waals surface area contributed by atoms with Gasteiger partial charge in [-0.25, -0.2) is 0 Å². The van der Waals surface area contributed by atoms with Gasteiger partial charge in [0.15, 0.2) is 0 Å². The number of aryl methyl sites for hydroxylation is 1. The van der Waals surface area contributed by atoms with Gasteiger partial charge in [0.2, 0.25) is 0 Å². The van der Waals surface area contributed by atoms with Crippen molar-refractivity contribution in [2.75, 3.05) is 6.61 Å². The Hall–Kier alpha value is -0.970. The van der Waals surface area contributed by atoms with Gasteiger partial charge in [-0.05, 0) is 37.0 Å². The molecule has 2 atom stereocenters. The van der Waals surface area contributed by atoms with Gasteiger partial charge in [0.05, 0.1) is 12.1 Å². The molecule has 82 valence electrons. The molecule has 15 heavy (non-hydrogen) atoms. The van der Waals surface area contributed by atoms with Crippen molar-refractivity contribution in [1.29, 1.82) is 0 Å². The molecule has 0 radical (unpaired) electrons. The zero-order valence-corrected chi connectivity index (χ0v) is 8.94. The molecule has 1 aromatic heterocycles. The van der Waals surface area contributed by atoms with E-state index in [4.69, 9.17) is 10.6 Å². The molecule has 1 aromatic rings. The Labute approximate surface area is 89.8 Å². The molecular weight excluding hydrogens is 190 g/mol. The van der Waals surface area contributed by atoms with Crippen molar-refractivity contribution in [3.63, 3.8) is 0 Å². The summed E-state index contributed by atoms with van der Waals surface area (Å²) in [5, 5.41) is 0. The largest absolute Gasteiger partial charge is 0.376 e. The molecule has 0 spiro atoms. The molecule has 0 bridgehead atoms. The number of nitrogens with one attached hydrogen (secondary N) is 1. The molecule has 1 aliphatic rings. The van der Waals surface area contributed by atoms with Crippen molar-refractivity contribution in [2.45, 2.75) is 31.9 Å². The maximum absolute atomic E-state index is 5.65. The summed E-state index contributed by atoms with van der Waals surface area (Å²) in [6.45, 7) is 2.90. The number of rotatable bonds is 3. The van der Waals surface area contributed by atoms with E-state index in [0.717, 1.165) is 25.0 Å². The summed E-state index contributed by atoms with van der Waals surface area (Å²) in [5.74, 6) is 5.60. The summed E-state index contributed by atoms with van der Waals surface area (Å²) in [7, 11) is 0. The van der Waals surface area contributed by atoms with Gasteiger partial charge in [0.1, 0.15) is 0 Å². The van der Waals surface area contributed by atoms with Gasteiger partial charge < -0.3 is 4.74 Å². The standard InChI is InChI=1S/C11H17N3O/c1-8-4-5-13-7-9(8)11(14-12)10-3-2-6-15-10/h4-5,7,10-11,14H,2-3,6,12H2,1H3. The quantitative estimate of drug-likeness (QED) is 0.575. The van der Waals surface area contributed by atoms with E-state index >= 15 is 0 Å². The van der Waals surface area contributed by atoms with Crippen LogP contribution in [0, 0.1) is 6.92 Å². The van der Waals surface area contributed by atoms with Crippen LogP contribution >= 0.6 is 0 Å². The summed E-state index contributed by atoms with van der Waals surface area (Å²) in [6, 6.07) is 2.05. The SMILES string of the molecule is Cc1ccncc1C(NN)C1CCCO1. The molecule has 0 amide bonds. The van der Waals surface area contributed by atoms with Crippen LogP contribution in [0.25, 0.3) is 0 Å². The third-order valence-corrected chi connectivity index (χ3v) is 2.93. The van der Waals surface area contributed by atoms with Crippen molar-refractivity contribution in [3.05, 3.63) is 29.6 Å². The topological polar surface area (TPSA) is 60.2 Å². The zero-order chi connectivity index (χ0) is 10.7. The first-order chi connectivity index (χ1) is 7.33. The maximum Gasteiger partial charge on any atom is 0.0784 e. The normalized spacial score (nSPS) is 22.9. The highest BCUT2D eigenvalue weighted by atomic mass is 16.5. The highest BCUT2D eigenvalue weighted by molar-refractivity contribution is 5.26. The predicted molar refractivity (Wildman–Crippen MR) is 58.0 cm³/mol. The maximum atomic E-state index is 5.65. The molecule has 2 rings (SSSR count). The van der Waals surface area contributed by atoms with Gasteiger partial charge in [0, 0.05) is 19.0 Å². The molecule has 2 unspecified atom stereocenters. The Bertz CT molecular complexity index is 323. The highest BCUT2D eigenvalue weighted by Gasteiger charge is 2.27. The van der Waals surface area contributed by atoms with Crippen molar-refractivity contribution in [3.8, 4) is 0 Å². The monoisotopic (exact) mass is 207 g/mol. The third-order valence-electron chi connectivity index (χ3n) is 2.93.